The monoisotopic (exact) mass is 553 g/mol. The molecule has 0 aromatic carbocycles. The van der Waals surface area contributed by atoms with E-state index in [0.717, 1.165) is 25.7 Å². The fraction of sp³-hybridized carbons (Fsp3) is 0.708. The summed E-state index contributed by atoms with van der Waals surface area (Å²) < 4.78 is 29.6. The van der Waals surface area contributed by atoms with Crippen LogP contribution in [0.2, 0.25) is 0 Å². The normalized spacial score (nSPS) is 26.0. The summed E-state index contributed by atoms with van der Waals surface area (Å²) >= 11 is 0. The van der Waals surface area contributed by atoms with Gasteiger partial charge < -0.3 is 39.5 Å². The van der Waals surface area contributed by atoms with Gasteiger partial charge in [-0.2, -0.15) is 5.10 Å². The molecule has 0 radical (unpaired) electrons. The first kappa shape index (κ1) is 28.9. The molecule has 2 aromatic heterocycles. The highest BCUT2D eigenvalue weighted by atomic mass is 31.2. The third-order valence-corrected chi connectivity index (χ3v) is 8.28. The lowest BCUT2D eigenvalue weighted by Gasteiger charge is -2.31. The fourth-order valence-electron chi connectivity index (χ4n) is 4.56. The molecule has 2 aliphatic rings. The fourth-order valence-corrected chi connectivity index (χ4v) is 5.10. The van der Waals surface area contributed by atoms with Gasteiger partial charge in [0, 0.05) is 19.1 Å². The number of aliphatic hydroxyl groups is 2. The number of aliphatic hydroxyl groups excluding tert-OH is 2. The minimum absolute atomic E-state index is 0.110. The molecule has 1 saturated heterocycles. The van der Waals surface area contributed by atoms with Crippen molar-refractivity contribution < 1.29 is 38.8 Å². The summed E-state index contributed by atoms with van der Waals surface area (Å²) in [4.78, 5) is 28.6. The highest BCUT2D eigenvalue weighted by Crippen LogP contribution is 2.51. The second kappa shape index (κ2) is 11.5. The molecule has 4 rings (SSSR count). The van der Waals surface area contributed by atoms with Crippen molar-refractivity contribution >= 4 is 24.4 Å². The number of hydrogen-bond acceptors (Lipinski definition) is 10. The van der Waals surface area contributed by atoms with Gasteiger partial charge in [-0.15, -0.1) is 0 Å². The SMILES string of the molecule is COCC(C)(OC[C@H]1O[C@@H](n2ncc3c(NC4CCCC4)nc(C#CC(C)C)nc32)[C@H](O)[C@@H]1O)P(=O)(O)O. The van der Waals surface area contributed by atoms with Crippen LogP contribution in [0.25, 0.3) is 11.0 Å². The summed E-state index contributed by atoms with van der Waals surface area (Å²) in [5, 5.41) is 28.1. The summed E-state index contributed by atoms with van der Waals surface area (Å²) in [5.74, 6) is 7.04. The van der Waals surface area contributed by atoms with E-state index in [2.05, 4.69) is 32.2 Å². The van der Waals surface area contributed by atoms with E-state index in [1.807, 2.05) is 13.8 Å². The number of aromatic nitrogens is 4. The van der Waals surface area contributed by atoms with E-state index in [1.54, 1.807) is 6.20 Å². The molecule has 0 bridgehead atoms. The number of nitrogens with one attached hydrogen (secondary N) is 1. The Bertz CT molecular complexity index is 1230. The first-order valence-corrected chi connectivity index (χ1v) is 14.3. The molecule has 0 amide bonds. The number of hydrogen-bond donors (Lipinski definition) is 5. The van der Waals surface area contributed by atoms with E-state index in [4.69, 9.17) is 14.2 Å². The molecule has 1 aliphatic carbocycles. The van der Waals surface area contributed by atoms with Crippen molar-refractivity contribution in [2.45, 2.75) is 82.4 Å². The topological polar surface area (TPSA) is 181 Å². The zero-order valence-electron chi connectivity index (χ0n) is 21.9. The number of rotatable bonds is 9. The van der Waals surface area contributed by atoms with Crippen molar-refractivity contribution in [3.63, 3.8) is 0 Å². The maximum absolute atomic E-state index is 12.0. The van der Waals surface area contributed by atoms with Crippen molar-refractivity contribution in [1.29, 1.82) is 0 Å². The Kier molecular flexibility index (Phi) is 8.76. The first-order chi connectivity index (χ1) is 17.9. The molecular formula is C24H36N5O8P. The zero-order valence-corrected chi connectivity index (χ0v) is 22.8. The van der Waals surface area contributed by atoms with Crippen LogP contribution in [0.5, 0.6) is 0 Å². The minimum Gasteiger partial charge on any atom is -0.387 e. The van der Waals surface area contributed by atoms with E-state index < -0.39 is 44.1 Å². The van der Waals surface area contributed by atoms with Crippen LogP contribution in [0.1, 0.15) is 58.5 Å². The molecular weight excluding hydrogens is 517 g/mol. The van der Waals surface area contributed by atoms with Crippen LogP contribution >= 0.6 is 7.60 Å². The lowest BCUT2D eigenvalue weighted by molar-refractivity contribution is -0.107. The van der Waals surface area contributed by atoms with Gasteiger partial charge in [0.15, 0.2) is 17.2 Å². The molecule has 1 saturated carbocycles. The lowest BCUT2D eigenvalue weighted by atomic mass is 10.1. The zero-order chi connectivity index (χ0) is 27.7. The van der Waals surface area contributed by atoms with E-state index in [1.165, 1.54) is 18.7 Å². The van der Waals surface area contributed by atoms with Gasteiger partial charge in [0.05, 0.1) is 24.8 Å². The van der Waals surface area contributed by atoms with Gasteiger partial charge in [-0.05, 0) is 25.7 Å². The molecule has 1 aliphatic heterocycles. The molecule has 5 N–H and O–H groups in total. The second-order valence-corrected chi connectivity index (χ2v) is 12.3. The second-order valence-electron chi connectivity index (χ2n) is 10.3. The maximum atomic E-state index is 12.0. The van der Waals surface area contributed by atoms with Gasteiger partial charge in [0.2, 0.25) is 5.82 Å². The largest absolute Gasteiger partial charge is 0.387 e. The van der Waals surface area contributed by atoms with E-state index >= 15 is 0 Å². The third kappa shape index (κ3) is 6.03. The molecule has 1 unspecified atom stereocenters. The Labute approximate surface area is 221 Å². The van der Waals surface area contributed by atoms with Gasteiger partial charge >= 0.3 is 7.60 Å². The van der Waals surface area contributed by atoms with Crippen LogP contribution in [0.4, 0.5) is 5.82 Å². The summed E-state index contributed by atoms with van der Waals surface area (Å²) in [6, 6.07) is 0.273. The molecule has 0 spiro atoms. The molecule has 5 atom stereocenters. The van der Waals surface area contributed by atoms with E-state index in [-0.39, 0.29) is 18.6 Å². The molecule has 210 valence electrons. The van der Waals surface area contributed by atoms with Crippen molar-refractivity contribution in [3.05, 3.63) is 12.0 Å². The van der Waals surface area contributed by atoms with E-state index in [0.29, 0.717) is 22.7 Å². The smallest absolute Gasteiger partial charge is 0.359 e. The maximum Gasteiger partial charge on any atom is 0.359 e. The molecule has 2 fully saturated rings. The van der Waals surface area contributed by atoms with E-state index in [9.17, 15) is 24.6 Å². The quantitative estimate of drug-likeness (QED) is 0.223. The van der Waals surface area contributed by atoms with Crippen molar-refractivity contribution in [2.24, 2.45) is 5.92 Å². The highest BCUT2D eigenvalue weighted by Gasteiger charge is 2.49. The Morgan fingerprint density at radius 1 is 1.26 bits per heavy atom. The molecule has 3 heterocycles. The summed E-state index contributed by atoms with van der Waals surface area (Å²) in [6.45, 7) is 4.34. The van der Waals surface area contributed by atoms with Gasteiger partial charge in [0.1, 0.15) is 24.1 Å². The Balaban J connectivity index is 1.63. The number of nitrogens with zero attached hydrogens (tertiary/aromatic N) is 4. The van der Waals surface area contributed by atoms with Crippen LogP contribution in [0.15, 0.2) is 6.20 Å². The standard InChI is InChI=1S/C24H36N5O8P/c1-14(2)9-10-18-27-21(26-15-7-5-6-8-15)16-11-25-29(22(16)28-18)23-20(31)19(30)17(37-23)12-36-24(3,13-35-4)38(32,33)34/h11,14-15,17,19-20,23,30-31H,5-8,12-13H2,1-4H3,(H,26,27,28)(H2,32,33,34)/t17-,19-,20-,23-,24?/m1/s1. The summed E-state index contributed by atoms with van der Waals surface area (Å²) in [7, 11) is -3.44. The first-order valence-electron chi connectivity index (χ1n) is 12.7. The van der Waals surface area contributed by atoms with Gasteiger partial charge in [0.25, 0.3) is 0 Å². The molecule has 2 aromatic rings. The van der Waals surface area contributed by atoms with Gasteiger partial charge in [-0.3, -0.25) is 4.57 Å². The van der Waals surface area contributed by atoms with Crippen LogP contribution < -0.4 is 5.32 Å². The third-order valence-electron chi connectivity index (χ3n) is 6.79. The predicted octanol–water partition coefficient (Wildman–Crippen LogP) is 1.36. The Morgan fingerprint density at radius 2 is 1.97 bits per heavy atom. The molecule has 14 heteroatoms. The van der Waals surface area contributed by atoms with Crippen LogP contribution in [0, 0.1) is 17.8 Å². The van der Waals surface area contributed by atoms with Crippen LogP contribution in [0.3, 0.4) is 0 Å². The van der Waals surface area contributed by atoms with Crippen molar-refractivity contribution in [1.82, 2.24) is 19.7 Å². The summed E-state index contributed by atoms with van der Waals surface area (Å²) in [5.41, 5.74) is 0.366. The highest BCUT2D eigenvalue weighted by molar-refractivity contribution is 7.53. The van der Waals surface area contributed by atoms with Gasteiger partial charge in [-0.25, -0.2) is 14.6 Å². The average molecular weight is 554 g/mol. The minimum atomic E-state index is -4.73. The number of fused-ring (bicyclic) bond motifs is 1. The Hall–Kier alpha value is -2.14. The van der Waals surface area contributed by atoms with Crippen molar-refractivity contribution in [3.8, 4) is 11.8 Å². The molecule has 13 nitrogen and oxygen atoms in total. The summed E-state index contributed by atoms with van der Waals surface area (Å²) in [6.07, 6.45) is 0.837. The van der Waals surface area contributed by atoms with Crippen LogP contribution in [-0.2, 0) is 18.8 Å². The number of ether oxygens (including phenoxy) is 3. The van der Waals surface area contributed by atoms with Crippen molar-refractivity contribution in [2.75, 3.05) is 25.6 Å². The van der Waals surface area contributed by atoms with Crippen LogP contribution in [-0.4, -0.2) is 89.8 Å². The predicted molar refractivity (Wildman–Crippen MR) is 137 cm³/mol. The lowest BCUT2D eigenvalue weighted by Crippen LogP contribution is -2.40. The average Bonchev–Trinajstić information content (AvgIpc) is 3.57. The van der Waals surface area contributed by atoms with Gasteiger partial charge in [-0.1, -0.05) is 32.6 Å². The molecule has 38 heavy (non-hydrogen) atoms. The number of methoxy groups -OCH3 is 1. The Morgan fingerprint density at radius 3 is 2.61 bits per heavy atom. The number of anilines is 1.